The summed E-state index contributed by atoms with van der Waals surface area (Å²) in [7, 11) is 0. The molecule has 21 heavy (non-hydrogen) atoms. The molecule has 114 valence electrons. The molecule has 1 aromatic heterocycles. The number of benzene rings is 1. The van der Waals surface area contributed by atoms with Gasteiger partial charge in [0.1, 0.15) is 0 Å². The molecule has 2 N–H and O–H groups in total. The maximum absolute atomic E-state index is 6.13. The second-order valence-electron chi connectivity index (χ2n) is 6.44. The summed E-state index contributed by atoms with van der Waals surface area (Å²) in [6.45, 7) is 6.55. The Hall–Kier alpha value is -1.33. The predicted molar refractivity (Wildman–Crippen MR) is 86.1 cm³/mol. The first-order chi connectivity index (χ1) is 9.92. The van der Waals surface area contributed by atoms with Gasteiger partial charge in [0.25, 0.3) is 0 Å². The standard InChI is InChI=1S/C16H23N3OS/c1-16(2,3)10-12(17)9-15-18-14(19-20-15)11-21-13-7-5-4-6-8-13/h4-8,12H,9-11,17H2,1-3H3. The van der Waals surface area contributed by atoms with Gasteiger partial charge in [0.2, 0.25) is 5.89 Å². The number of thioether (sulfide) groups is 1. The molecule has 1 unspecified atom stereocenters. The fraction of sp³-hybridized carbons (Fsp3) is 0.500. The van der Waals surface area contributed by atoms with Crippen LogP contribution in [0.3, 0.4) is 0 Å². The summed E-state index contributed by atoms with van der Waals surface area (Å²) in [5.41, 5.74) is 6.35. The average molecular weight is 305 g/mol. The third-order valence-electron chi connectivity index (χ3n) is 2.93. The molecule has 4 nitrogen and oxygen atoms in total. The summed E-state index contributed by atoms with van der Waals surface area (Å²) in [5, 5.41) is 4.02. The molecule has 1 aromatic carbocycles. The van der Waals surface area contributed by atoms with Gasteiger partial charge in [0, 0.05) is 17.4 Å². The van der Waals surface area contributed by atoms with Crippen molar-refractivity contribution in [2.45, 2.75) is 50.3 Å². The number of aromatic nitrogens is 2. The first-order valence-electron chi connectivity index (χ1n) is 7.17. The highest BCUT2D eigenvalue weighted by Gasteiger charge is 2.18. The fourth-order valence-electron chi connectivity index (χ4n) is 2.18. The van der Waals surface area contributed by atoms with Crippen LogP contribution in [0.4, 0.5) is 0 Å². The van der Waals surface area contributed by atoms with Gasteiger partial charge in [-0.15, -0.1) is 11.8 Å². The monoisotopic (exact) mass is 305 g/mol. The van der Waals surface area contributed by atoms with E-state index >= 15 is 0 Å². The van der Waals surface area contributed by atoms with Gasteiger partial charge in [-0.05, 0) is 24.0 Å². The average Bonchev–Trinajstić information content (AvgIpc) is 2.83. The largest absolute Gasteiger partial charge is 0.339 e. The highest BCUT2D eigenvalue weighted by Crippen LogP contribution is 2.23. The quantitative estimate of drug-likeness (QED) is 0.825. The van der Waals surface area contributed by atoms with Crippen LogP contribution < -0.4 is 5.73 Å². The molecule has 0 fully saturated rings. The Bertz CT molecular complexity index is 548. The van der Waals surface area contributed by atoms with Crippen molar-refractivity contribution in [1.29, 1.82) is 0 Å². The molecular formula is C16H23N3OS. The van der Waals surface area contributed by atoms with Gasteiger partial charge in [0.15, 0.2) is 5.82 Å². The van der Waals surface area contributed by atoms with Crippen LogP contribution in [-0.4, -0.2) is 16.2 Å². The zero-order chi connectivity index (χ0) is 15.3. The lowest BCUT2D eigenvalue weighted by atomic mass is 9.87. The third-order valence-corrected chi connectivity index (χ3v) is 3.94. The van der Waals surface area contributed by atoms with E-state index in [1.807, 2.05) is 18.2 Å². The topological polar surface area (TPSA) is 64.9 Å². The SMILES string of the molecule is CC(C)(C)CC(N)Cc1nc(CSc2ccccc2)no1. The molecule has 0 amide bonds. The molecule has 1 atom stereocenters. The van der Waals surface area contributed by atoms with Crippen LogP contribution in [0.5, 0.6) is 0 Å². The minimum atomic E-state index is 0.0556. The van der Waals surface area contributed by atoms with Crippen LogP contribution >= 0.6 is 11.8 Å². The first-order valence-corrected chi connectivity index (χ1v) is 8.16. The number of rotatable bonds is 6. The minimum absolute atomic E-state index is 0.0556. The van der Waals surface area contributed by atoms with E-state index in [2.05, 4.69) is 43.0 Å². The van der Waals surface area contributed by atoms with Crippen molar-refractivity contribution in [3.63, 3.8) is 0 Å². The van der Waals surface area contributed by atoms with Gasteiger partial charge in [0.05, 0.1) is 5.75 Å². The summed E-state index contributed by atoms with van der Waals surface area (Å²) in [5.74, 6) is 2.07. The lowest BCUT2D eigenvalue weighted by Crippen LogP contribution is -2.28. The number of nitrogens with zero attached hydrogens (tertiary/aromatic N) is 2. The lowest BCUT2D eigenvalue weighted by molar-refractivity contribution is 0.312. The molecular weight excluding hydrogens is 282 g/mol. The Balaban J connectivity index is 1.84. The summed E-state index contributed by atoms with van der Waals surface area (Å²) in [6, 6.07) is 10.3. The van der Waals surface area contributed by atoms with E-state index in [1.165, 1.54) is 4.90 Å². The lowest BCUT2D eigenvalue weighted by Gasteiger charge is -2.21. The normalized spacial score (nSPS) is 13.3. The molecule has 0 aliphatic rings. The van der Waals surface area contributed by atoms with Crippen LogP contribution in [0.1, 0.15) is 38.9 Å². The Morgan fingerprint density at radius 2 is 1.95 bits per heavy atom. The van der Waals surface area contributed by atoms with Gasteiger partial charge in [-0.25, -0.2) is 0 Å². The van der Waals surface area contributed by atoms with E-state index in [4.69, 9.17) is 10.3 Å². The third kappa shape index (κ3) is 5.89. The highest BCUT2D eigenvalue weighted by molar-refractivity contribution is 7.98. The number of hydrogen-bond donors (Lipinski definition) is 1. The Morgan fingerprint density at radius 1 is 1.24 bits per heavy atom. The van der Waals surface area contributed by atoms with Crippen LogP contribution in [0.25, 0.3) is 0 Å². The van der Waals surface area contributed by atoms with Crippen LogP contribution in [0.2, 0.25) is 0 Å². The molecule has 0 aliphatic carbocycles. The van der Waals surface area contributed by atoms with Gasteiger partial charge >= 0.3 is 0 Å². The van der Waals surface area contributed by atoms with Crippen molar-refractivity contribution in [1.82, 2.24) is 10.1 Å². The Labute approximate surface area is 130 Å². The number of nitrogens with two attached hydrogens (primary N) is 1. The molecule has 0 aliphatic heterocycles. The van der Waals surface area contributed by atoms with Crippen molar-refractivity contribution in [2.75, 3.05) is 0 Å². The number of hydrogen-bond acceptors (Lipinski definition) is 5. The van der Waals surface area contributed by atoms with Gasteiger partial charge < -0.3 is 10.3 Å². The zero-order valence-corrected chi connectivity index (χ0v) is 13.7. The van der Waals surface area contributed by atoms with Crippen LogP contribution in [0, 0.1) is 5.41 Å². The smallest absolute Gasteiger partial charge is 0.228 e. The van der Waals surface area contributed by atoms with E-state index in [9.17, 15) is 0 Å². The summed E-state index contributed by atoms with van der Waals surface area (Å²) in [6.07, 6.45) is 1.57. The molecule has 0 spiro atoms. The molecule has 2 rings (SSSR count). The fourth-order valence-corrected chi connectivity index (χ4v) is 2.94. The van der Waals surface area contributed by atoms with Gasteiger partial charge in [-0.2, -0.15) is 4.98 Å². The predicted octanol–water partition coefficient (Wildman–Crippen LogP) is 3.67. The first kappa shape index (κ1) is 16.0. The van der Waals surface area contributed by atoms with E-state index < -0.39 is 0 Å². The summed E-state index contributed by atoms with van der Waals surface area (Å²) in [4.78, 5) is 5.62. The Kier molecular flexibility index (Phi) is 5.42. The summed E-state index contributed by atoms with van der Waals surface area (Å²) >= 11 is 1.70. The molecule has 2 aromatic rings. The van der Waals surface area contributed by atoms with Crippen molar-refractivity contribution in [2.24, 2.45) is 11.1 Å². The minimum Gasteiger partial charge on any atom is -0.339 e. The van der Waals surface area contributed by atoms with Crippen LogP contribution in [0.15, 0.2) is 39.8 Å². The highest BCUT2D eigenvalue weighted by atomic mass is 32.2. The van der Waals surface area contributed by atoms with E-state index in [0.29, 0.717) is 18.1 Å². The second-order valence-corrected chi connectivity index (χ2v) is 7.48. The maximum atomic E-state index is 6.13. The molecule has 5 heteroatoms. The Morgan fingerprint density at radius 3 is 2.62 bits per heavy atom. The van der Waals surface area contributed by atoms with Gasteiger partial charge in [-0.1, -0.05) is 44.1 Å². The molecule has 0 saturated heterocycles. The van der Waals surface area contributed by atoms with E-state index in [0.717, 1.165) is 12.2 Å². The van der Waals surface area contributed by atoms with Gasteiger partial charge in [-0.3, -0.25) is 0 Å². The van der Waals surface area contributed by atoms with Crippen molar-refractivity contribution < 1.29 is 4.52 Å². The van der Waals surface area contributed by atoms with Crippen LogP contribution in [-0.2, 0) is 12.2 Å². The second kappa shape index (κ2) is 7.09. The van der Waals surface area contributed by atoms with Crippen molar-refractivity contribution in [3.8, 4) is 0 Å². The zero-order valence-electron chi connectivity index (χ0n) is 12.9. The summed E-state index contributed by atoms with van der Waals surface area (Å²) < 4.78 is 5.28. The maximum Gasteiger partial charge on any atom is 0.228 e. The van der Waals surface area contributed by atoms with Crippen molar-refractivity contribution >= 4 is 11.8 Å². The van der Waals surface area contributed by atoms with E-state index in [-0.39, 0.29) is 11.5 Å². The van der Waals surface area contributed by atoms with Crippen molar-refractivity contribution in [3.05, 3.63) is 42.0 Å². The van der Waals surface area contributed by atoms with E-state index in [1.54, 1.807) is 11.8 Å². The molecule has 0 bridgehead atoms. The molecule has 1 heterocycles. The molecule has 0 radical (unpaired) electrons. The molecule has 0 saturated carbocycles.